The molecule has 2 aromatic heterocycles. The molecule has 0 unspecified atom stereocenters. The van der Waals surface area contributed by atoms with Gasteiger partial charge in [-0.3, -0.25) is 10.1 Å². The molecule has 104 valence electrons. The number of aromatic carboxylic acids is 1. The van der Waals surface area contributed by atoms with Crippen LogP contribution in [-0.2, 0) is 0 Å². The van der Waals surface area contributed by atoms with Gasteiger partial charge in [-0.05, 0) is 18.2 Å². The van der Waals surface area contributed by atoms with Gasteiger partial charge in [0.2, 0.25) is 0 Å². The Bertz CT molecular complexity index is 729. The van der Waals surface area contributed by atoms with Gasteiger partial charge in [-0.1, -0.05) is 12.1 Å². The average Bonchev–Trinajstić information content (AvgIpc) is 2.83. The number of carboxylic acids is 1. The van der Waals surface area contributed by atoms with E-state index in [1.807, 2.05) is 18.2 Å². The highest BCUT2D eigenvalue weighted by molar-refractivity contribution is 6.05. The largest absolute Gasteiger partial charge is 0.478 e. The van der Waals surface area contributed by atoms with Gasteiger partial charge in [0, 0.05) is 23.3 Å². The van der Waals surface area contributed by atoms with Crippen molar-refractivity contribution in [3.63, 3.8) is 0 Å². The van der Waals surface area contributed by atoms with Crippen molar-refractivity contribution in [2.45, 2.75) is 0 Å². The summed E-state index contributed by atoms with van der Waals surface area (Å²) in [5, 5.41) is 16.9. The fourth-order valence-electron chi connectivity index (χ4n) is 1.95. The molecular formula is C13H11Cl2N3O2. The first-order valence-corrected chi connectivity index (χ1v) is 5.38. The molecule has 0 radical (unpaired) electrons. The Morgan fingerprint density at radius 1 is 1.10 bits per heavy atom. The number of nitrogens with zero attached hydrogens (tertiary/aromatic N) is 2. The van der Waals surface area contributed by atoms with Gasteiger partial charge in [-0.25, -0.2) is 4.79 Å². The van der Waals surface area contributed by atoms with Crippen molar-refractivity contribution in [2.24, 2.45) is 0 Å². The predicted octanol–water partition coefficient (Wildman–Crippen LogP) is 3.17. The van der Waals surface area contributed by atoms with Crippen LogP contribution in [0.25, 0.3) is 22.2 Å². The highest BCUT2D eigenvalue weighted by atomic mass is 35.5. The van der Waals surface area contributed by atoms with Crippen LogP contribution in [-0.4, -0.2) is 26.3 Å². The van der Waals surface area contributed by atoms with Crippen LogP contribution in [0.1, 0.15) is 10.4 Å². The van der Waals surface area contributed by atoms with Crippen LogP contribution < -0.4 is 0 Å². The normalized spacial score (nSPS) is 9.60. The van der Waals surface area contributed by atoms with Crippen LogP contribution in [0.4, 0.5) is 0 Å². The molecule has 1 aromatic carbocycles. The number of H-pyrrole nitrogens is 1. The molecule has 7 heteroatoms. The van der Waals surface area contributed by atoms with E-state index in [0.29, 0.717) is 5.52 Å². The molecular weight excluding hydrogens is 301 g/mol. The summed E-state index contributed by atoms with van der Waals surface area (Å²) in [6, 6.07) is 8.79. The number of benzene rings is 1. The van der Waals surface area contributed by atoms with Gasteiger partial charge in [0.15, 0.2) is 0 Å². The lowest BCUT2D eigenvalue weighted by Crippen LogP contribution is -1.96. The van der Waals surface area contributed by atoms with Gasteiger partial charge in [0.05, 0.1) is 11.1 Å². The Morgan fingerprint density at radius 2 is 1.80 bits per heavy atom. The van der Waals surface area contributed by atoms with Crippen molar-refractivity contribution in [2.75, 3.05) is 0 Å². The summed E-state index contributed by atoms with van der Waals surface area (Å²) < 4.78 is 0. The SMILES string of the molecule is Cl.Cl.O=C(O)c1cccc2c(-c3ccncc3)n[nH]c12. The molecule has 0 amide bonds. The minimum Gasteiger partial charge on any atom is -0.478 e. The first kappa shape index (κ1) is 15.9. The van der Waals surface area contributed by atoms with Crippen LogP contribution in [0.15, 0.2) is 42.7 Å². The average molecular weight is 312 g/mol. The zero-order valence-electron chi connectivity index (χ0n) is 10.1. The Hall–Kier alpha value is -2.11. The quantitative estimate of drug-likeness (QED) is 0.762. The number of pyridine rings is 1. The number of para-hydroxylation sites is 1. The topological polar surface area (TPSA) is 78.9 Å². The van der Waals surface area contributed by atoms with Crippen LogP contribution in [0.3, 0.4) is 0 Å². The van der Waals surface area contributed by atoms with Gasteiger partial charge >= 0.3 is 5.97 Å². The highest BCUT2D eigenvalue weighted by Crippen LogP contribution is 2.27. The Morgan fingerprint density at radius 3 is 2.45 bits per heavy atom. The van der Waals surface area contributed by atoms with Crippen molar-refractivity contribution >= 4 is 41.7 Å². The molecule has 0 aliphatic rings. The summed E-state index contributed by atoms with van der Waals surface area (Å²) in [5.74, 6) is -0.967. The van der Waals surface area contributed by atoms with Gasteiger partial charge in [0.1, 0.15) is 5.69 Å². The summed E-state index contributed by atoms with van der Waals surface area (Å²) in [4.78, 5) is 15.1. The number of aromatic nitrogens is 3. The van der Waals surface area contributed by atoms with Crippen LogP contribution in [0.5, 0.6) is 0 Å². The molecule has 0 atom stereocenters. The van der Waals surface area contributed by atoms with Crippen LogP contribution >= 0.6 is 24.8 Å². The molecule has 0 saturated carbocycles. The highest BCUT2D eigenvalue weighted by Gasteiger charge is 2.14. The lowest BCUT2D eigenvalue weighted by atomic mass is 10.1. The van der Waals surface area contributed by atoms with E-state index in [1.165, 1.54) is 0 Å². The third kappa shape index (κ3) is 2.59. The predicted molar refractivity (Wildman–Crippen MR) is 80.8 cm³/mol. The van der Waals surface area contributed by atoms with Gasteiger partial charge in [0.25, 0.3) is 0 Å². The summed E-state index contributed by atoms with van der Waals surface area (Å²) in [6.45, 7) is 0. The van der Waals surface area contributed by atoms with Crippen molar-refractivity contribution in [3.8, 4) is 11.3 Å². The molecule has 3 rings (SSSR count). The molecule has 3 aromatic rings. The third-order valence-electron chi connectivity index (χ3n) is 2.78. The molecule has 0 bridgehead atoms. The number of carboxylic acid groups (broad SMARTS) is 1. The lowest BCUT2D eigenvalue weighted by Gasteiger charge is -1.98. The first-order chi connectivity index (χ1) is 8.77. The van der Waals surface area contributed by atoms with Crippen molar-refractivity contribution in [1.29, 1.82) is 0 Å². The molecule has 0 aliphatic carbocycles. The van der Waals surface area contributed by atoms with E-state index in [1.54, 1.807) is 24.5 Å². The molecule has 2 N–H and O–H groups in total. The zero-order valence-corrected chi connectivity index (χ0v) is 11.7. The van der Waals surface area contributed by atoms with E-state index >= 15 is 0 Å². The third-order valence-corrected chi connectivity index (χ3v) is 2.78. The Labute approximate surface area is 126 Å². The van der Waals surface area contributed by atoms with Gasteiger partial charge in [-0.2, -0.15) is 5.10 Å². The fraction of sp³-hybridized carbons (Fsp3) is 0. The maximum absolute atomic E-state index is 11.1. The Balaban J connectivity index is 0.000001000. The van der Waals surface area contributed by atoms with E-state index in [2.05, 4.69) is 15.2 Å². The molecule has 5 nitrogen and oxygen atoms in total. The maximum Gasteiger partial charge on any atom is 0.337 e. The van der Waals surface area contributed by atoms with Crippen molar-refractivity contribution < 1.29 is 9.90 Å². The summed E-state index contributed by atoms with van der Waals surface area (Å²) in [6.07, 6.45) is 3.35. The standard InChI is InChI=1S/C13H9N3O2.2ClH/c17-13(18)10-3-1-2-9-11(15-16-12(9)10)8-4-6-14-7-5-8;;/h1-7H,(H,15,16)(H,17,18);2*1H. The molecule has 0 spiro atoms. The van der Waals surface area contributed by atoms with Gasteiger partial charge < -0.3 is 5.11 Å². The van der Waals surface area contributed by atoms with Crippen molar-refractivity contribution in [3.05, 3.63) is 48.3 Å². The molecule has 0 fully saturated rings. The number of halogens is 2. The van der Waals surface area contributed by atoms with E-state index in [-0.39, 0.29) is 30.4 Å². The zero-order chi connectivity index (χ0) is 12.5. The molecule has 0 aliphatic heterocycles. The molecule has 20 heavy (non-hydrogen) atoms. The second kappa shape index (κ2) is 6.36. The van der Waals surface area contributed by atoms with Gasteiger partial charge in [-0.15, -0.1) is 24.8 Å². The molecule has 2 heterocycles. The number of rotatable bonds is 2. The Kier molecular flexibility index (Phi) is 5.07. The van der Waals surface area contributed by atoms with Crippen LogP contribution in [0, 0.1) is 0 Å². The second-order valence-corrected chi connectivity index (χ2v) is 3.84. The minimum atomic E-state index is -0.967. The lowest BCUT2D eigenvalue weighted by molar-refractivity contribution is 0.0699. The number of aromatic amines is 1. The van der Waals surface area contributed by atoms with E-state index in [0.717, 1.165) is 16.6 Å². The number of hydrogen-bond donors (Lipinski definition) is 2. The van der Waals surface area contributed by atoms with E-state index in [4.69, 9.17) is 5.11 Å². The fourth-order valence-corrected chi connectivity index (χ4v) is 1.95. The van der Waals surface area contributed by atoms with E-state index < -0.39 is 5.97 Å². The van der Waals surface area contributed by atoms with E-state index in [9.17, 15) is 4.79 Å². The monoisotopic (exact) mass is 311 g/mol. The smallest absolute Gasteiger partial charge is 0.337 e. The van der Waals surface area contributed by atoms with Crippen molar-refractivity contribution in [1.82, 2.24) is 15.2 Å². The number of hydrogen-bond acceptors (Lipinski definition) is 3. The number of fused-ring (bicyclic) bond motifs is 1. The summed E-state index contributed by atoms with van der Waals surface area (Å²) in [5.41, 5.74) is 2.39. The maximum atomic E-state index is 11.1. The number of carbonyl (C=O) groups is 1. The summed E-state index contributed by atoms with van der Waals surface area (Å²) in [7, 11) is 0. The minimum absolute atomic E-state index is 0. The molecule has 0 saturated heterocycles. The summed E-state index contributed by atoms with van der Waals surface area (Å²) >= 11 is 0. The second-order valence-electron chi connectivity index (χ2n) is 3.84. The first-order valence-electron chi connectivity index (χ1n) is 5.38. The number of nitrogens with one attached hydrogen (secondary N) is 1. The van der Waals surface area contributed by atoms with Crippen LogP contribution in [0.2, 0.25) is 0 Å².